The highest BCUT2D eigenvalue weighted by Gasteiger charge is 2.44. The molecule has 0 spiro atoms. The molecular weight excluding hydrogens is 216 g/mol. The predicted molar refractivity (Wildman–Crippen MR) is 65.2 cm³/mol. The summed E-state index contributed by atoms with van der Waals surface area (Å²) < 4.78 is 0. The van der Waals surface area contributed by atoms with Crippen molar-refractivity contribution in [3.63, 3.8) is 0 Å². The zero-order chi connectivity index (χ0) is 12.7. The van der Waals surface area contributed by atoms with E-state index in [9.17, 15) is 9.59 Å². The first-order valence-electron chi connectivity index (χ1n) is 6.25. The Balaban J connectivity index is 2.88. The summed E-state index contributed by atoms with van der Waals surface area (Å²) in [7, 11) is 0. The number of rotatable bonds is 6. The summed E-state index contributed by atoms with van der Waals surface area (Å²) in [6.45, 7) is 5.38. The lowest BCUT2D eigenvalue weighted by Gasteiger charge is -2.32. The smallest absolute Gasteiger partial charge is 0.211 e. The second-order valence-electron chi connectivity index (χ2n) is 5.19. The van der Waals surface area contributed by atoms with Crippen molar-refractivity contribution in [2.24, 2.45) is 27.2 Å². The number of hydrogen-bond acceptors (Lipinski definition) is 4. The number of carbonyl (C=O) groups excluding carboxylic acids is 2. The minimum atomic E-state index is 0.0337. The normalized spacial score (nSPS) is 31.6. The van der Waals surface area contributed by atoms with Gasteiger partial charge in [-0.15, -0.1) is 0 Å². The third kappa shape index (κ3) is 3.36. The van der Waals surface area contributed by atoms with Crippen molar-refractivity contribution in [1.29, 1.82) is 0 Å². The van der Waals surface area contributed by atoms with Crippen molar-refractivity contribution in [1.82, 2.24) is 0 Å². The number of nitrogens with zero attached hydrogens (tertiary/aromatic N) is 2. The summed E-state index contributed by atoms with van der Waals surface area (Å²) in [6, 6.07) is 0. The number of hydrogen-bond donors (Lipinski definition) is 0. The van der Waals surface area contributed by atoms with Crippen molar-refractivity contribution >= 4 is 12.2 Å². The molecule has 3 unspecified atom stereocenters. The van der Waals surface area contributed by atoms with Crippen LogP contribution < -0.4 is 0 Å². The van der Waals surface area contributed by atoms with Crippen LogP contribution in [-0.4, -0.2) is 25.2 Å². The molecule has 0 aromatic carbocycles. The Morgan fingerprint density at radius 2 is 2.00 bits per heavy atom. The molecular formula is C13H20N2O2. The molecule has 3 atom stereocenters. The highest BCUT2D eigenvalue weighted by atomic mass is 16.1. The Morgan fingerprint density at radius 3 is 2.59 bits per heavy atom. The van der Waals surface area contributed by atoms with Crippen LogP contribution in [0.15, 0.2) is 9.98 Å². The molecule has 1 aliphatic carbocycles. The second-order valence-corrected chi connectivity index (χ2v) is 5.19. The molecule has 1 aliphatic rings. The average Bonchev–Trinajstić information content (AvgIpc) is 2.61. The van der Waals surface area contributed by atoms with Crippen molar-refractivity contribution in [3.8, 4) is 0 Å². The van der Waals surface area contributed by atoms with E-state index in [0.717, 1.165) is 25.7 Å². The molecule has 4 nitrogen and oxygen atoms in total. The number of isocyanates is 2. The summed E-state index contributed by atoms with van der Waals surface area (Å²) in [4.78, 5) is 28.1. The SMILES string of the molecule is CCCC1(CN=C=O)CC(C)CC1CN=C=O. The molecule has 1 saturated carbocycles. The van der Waals surface area contributed by atoms with Crippen molar-refractivity contribution in [2.75, 3.05) is 13.1 Å². The van der Waals surface area contributed by atoms with Crippen LogP contribution in [-0.2, 0) is 9.59 Å². The van der Waals surface area contributed by atoms with Gasteiger partial charge in [0.25, 0.3) is 0 Å². The van der Waals surface area contributed by atoms with Crippen molar-refractivity contribution in [3.05, 3.63) is 0 Å². The van der Waals surface area contributed by atoms with Gasteiger partial charge in [0.15, 0.2) is 0 Å². The summed E-state index contributed by atoms with van der Waals surface area (Å²) in [5.41, 5.74) is 0.0337. The maximum absolute atomic E-state index is 10.3. The van der Waals surface area contributed by atoms with E-state index in [2.05, 4.69) is 23.8 Å². The average molecular weight is 236 g/mol. The lowest BCUT2D eigenvalue weighted by atomic mass is 9.74. The summed E-state index contributed by atoms with van der Waals surface area (Å²) in [5, 5.41) is 0. The first-order chi connectivity index (χ1) is 8.18. The lowest BCUT2D eigenvalue weighted by Crippen LogP contribution is -2.31. The van der Waals surface area contributed by atoms with Crippen LogP contribution >= 0.6 is 0 Å². The van der Waals surface area contributed by atoms with Crippen molar-refractivity contribution in [2.45, 2.75) is 39.5 Å². The molecule has 0 aromatic heterocycles. The third-order valence-electron chi connectivity index (χ3n) is 3.89. The van der Waals surface area contributed by atoms with Crippen LogP contribution in [0, 0.1) is 17.3 Å². The minimum absolute atomic E-state index is 0.0337. The summed E-state index contributed by atoms with van der Waals surface area (Å²) >= 11 is 0. The Labute approximate surface area is 102 Å². The molecule has 94 valence electrons. The van der Waals surface area contributed by atoms with E-state index in [1.807, 2.05) is 0 Å². The molecule has 0 saturated heterocycles. The van der Waals surface area contributed by atoms with Crippen LogP contribution in [0.5, 0.6) is 0 Å². The molecule has 0 aromatic rings. The van der Waals surface area contributed by atoms with Gasteiger partial charge in [-0.3, -0.25) is 0 Å². The monoisotopic (exact) mass is 236 g/mol. The third-order valence-corrected chi connectivity index (χ3v) is 3.89. The van der Waals surface area contributed by atoms with Crippen LogP contribution in [0.25, 0.3) is 0 Å². The van der Waals surface area contributed by atoms with Gasteiger partial charge in [-0.2, -0.15) is 0 Å². The predicted octanol–water partition coefficient (Wildman–Crippen LogP) is 2.49. The standard InChI is InChI=1S/C13H20N2O2/c1-3-4-13(8-15-10-17)6-11(2)5-12(13)7-14-9-16/h11-12H,3-8H2,1-2H3. The van der Waals surface area contributed by atoms with Gasteiger partial charge in [0.1, 0.15) is 0 Å². The number of aliphatic imine (C=N–C) groups is 2. The molecule has 17 heavy (non-hydrogen) atoms. The van der Waals surface area contributed by atoms with Gasteiger partial charge < -0.3 is 0 Å². The molecule has 0 radical (unpaired) electrons. The maximum atomic E-state index is 10.3. The summed E-state index contributed by atoms with van der Waals surface area (Å²) in [6.07, 6.45) is 7.45. The first-order valence-corrected chi connectivity index (χ1v) is 6.25. The van der Waals surface area contributed by atoms with Crippen LogP contribution in [0.2, 0.25) is 0 Å². The van der Waals surface area contributed by atoms with Gasteiger partial charge in [-0.1, -0.05) is 20.3 Å². The van der Waals surface area contributed by atoms with E-state index < -0.39 is 0 Å². The topological polar surface area (TPSA) is 58.9 Å². The Bertz CT molecular complexity index is 343. The van der Waals surface area contributed by atoms with Gasteiger partial charge >= 0.3 is 0 Å². The fourth-order valence-electron chi connectivity index (χ4n) is 3.36. The zero-order valence-electron chi connectivity index (χ0n) is 10.6. The molecule has 0 aliphatic heterocycles. The van der Waals surface area contributed by atoms with Gasteiger partial charge in [0, 0.05) is 0 Å². The molecule has 0 N–H and O–H groups in total. The van der Waals surface area contributed by atoms with E-state index in [0.29, 0.717) is 24.9 Å². The molecule has 4 heteroatoms. The van der Waals surface area contributed by atoms with Crippen molar-refractivity contribution < 1.29 is 9.59 Å². The largest absolute Gasteiger partial charge is 0.234 e. The molecule has 1 fully saturated rings. The lowest BCUT2D eigenvalue weighted by molar-refractivity contribution is 0.193. The molecule has 0 amide bonds. The molecule has 0 heterocycles. The fraction of sp³-hybridized carbons (Fsp3) is 0.846. The highest BCUT2D eigenvalue weighted by Crippen LogP contribution is 2.49. The Kier molecular flexibility index (Phi) is 5.27. The van der Waals surface area contributed by atoms with E-state index in [-0.39, 0.29) is 5.41 Å². The highest BCUT2D eigenvalue weighted by molar-refractivity contribution is 5.33. The quantitative estimate of drug-likeness (QED) is 0.525. The second kappa shape index (κ2) is 6.48. The van der Waals surface area contributed by atoms with Gasteiger partial charge in [-0.25, -0.2) is 19.6 Å². The Hall–Kier alpha value is -1.24. The van der Waals surface area contributed by atoms with Crippen LogP contribution in [0.3, 0.4) is 0 Å². The van der Waals surface area contributed by atoms with E-state index >= 15 is 0 Å². The zero-order valence-corrected chi connectivity index (χ0v) is 10.6. The van der Waals surface area contributed by atoms with E-state index in [4.69, 9.17) is 0 Å². The fourth-order valence-corrected chi connectivity index (χ4v) is 3.36. The van der Waals surface area contributed by atoms with Crippen LogP contribution in [0.4, 0.5) is 0 Å². The van der Waals surface area contributed by atoms with Gasteiger partial charge in [0.2, 0.25) is 12.2 Å². The summed E-state index contributed by atoms with van der Waals surface area (Å²) in [5.74, 6) is 0.950. The van der Waals surface area contributed by atoms with E-state index in [1.165, 1.54) is 0 Å². The molecule has 0 bridgehead atoms. The minimum Gasteiger partial charge on any atom is -0.211 e. The molecule has 1 rings (SSSR count). The van der Waals surface area contributed by atoms with Gasteiger partial charge in [-0.05, 0) is 36.5 Å². The van der Waals surface area contributed by atoms with Gasteiger partial charge in [0.05, 0.1) is 13.1 Å². The Morgan fingerprint density at radius 1 is 1.29 bits per heavy atom. The van der Waals surface area contributed by atoms with Crippen LogP contribution in [0.1, 0.15) is 39.5 Å². The first kappa shape index (κ1) is 13.8. The van der Waals surface area contributed by atoms with E-state index in [1.54, 1.807) is 12.2 Å². The maximum Gasteiger partial charge on any atom is 0.234 e.